The standard InChI is InChI=1S/C21H29N3O3S.ClH/c1-24(28(3,25)26)18-11-12-20(27-2)17(14-18)15-23-19-10-7-13-22-21(19)16-8-5-4-6-9-16;/h4-6,8-9,11-12,14,19,21-23H,7,10,13,15H2,1-3H3;1H/t19-,21-;/m0./s1. The van der Waals surface area contributed by atoms with Crippen molar-refractivity contribution in [3.05, 3.63) is 59.7 Å². The monoisotopic (exact) mass is 439 g/mol. The summed E-state index contributed by atoms with van der Waals surface area (Å²) in [6.07, 6.45) is 3.40. The number of piperidine rings is 1. The molecule has 2 aromatic carbocycles. The van der Waals surface area contributed by atoms with Crippen molar-refractivity contribution in [2.45, 2.75) is 31.5 Å². The smallest absolute Gasteiger partial charge is 0.231 e. The van der Waals surface area contributed by atoms with Gasteiger partial charge in [-0.1, -0.05) is 30.3 Å². The van der Waals surface area contributed by atoms with Crippen molar-refractivity contribution >= 4 is 28.1 Å². The molecule has 0 spiro atoms. The SMILES string of the molecule is COc1ccc(N(C)S(C)(=O)=O)cc1CN[C@H]1CCCN[C@H]1c1ccccc1.Cl. The normalized spacial score (nSPS) is 19.3. The van der Waals surface area contributed by atoms with Gasteiger partial charge in [-0.15, -0.1) is 12.4 Å². The zero-order valence-corrected chi connectivity index (χ0v) is 18.7. The molecule has 1 aliphatic rings. The highest BCUT2D eigenvalue weighted by molar-refractivity contribution is 7.92. The molecule has 0 saturated carbocycles. The predicted octanol–water partition coefficient (Wildman–Crippen LogP) is 3.10. The number of methoxy groups -OCH3 is 1. The average Bonchev–Trinajstić information content (AvgIpc) is 2.71. The maximum Gasteiger partial charge on any atom is 0.231 e. The average molecular weight is 440 g/mol. The molecule has 0 amide bonds. The Balaban J connectivity index is 0.00000300. The zero-order valence-electron chi connectivity index (χ0n) is 17.1. The molecule has 0 aliphatic carbocycles. The van der Waals surface area contributed by atoms with Crippen LogP contribution in [0, 0.1) is 0 Å². The molecule has 160 valence electrons. The van der Waals surface area contributed by atoms with E-state index in [0.717, 1.165) is 30.7 Å². The van der Waals surface area contributed by atoms with Crippen molar-refractivity contribution in [1.82, 2.24) is 10.6 Å². The minimum absolute atomic E-state index is 0. The van der Waals surface area contributed by atoms with Gasteiger partial charge in [-0.25, -0.2) is 8.42 Å². The highest BCUT2D eigenvalue weighted by atomic mass is 35.5. The van der Waals surface area contributed by atoms with Gasteiger partial charge < -0.3 is 15.4 Å². The van der Waals surface area contributed by atoms with Crippen LogP contribution in [0.2, 0.25) is 0 Å². The number of sulfonamides is 1. The fourth-order valence-corrected chi connectivity index (χ4v) is 4.15. The van der Waals surface area contributed by atoms with Crippen LogP contribution in [0.4, 0.5) is 5.69 Å². The van der Waals surface area contributed by atoms with E-state index in [1.54, 1.807) is 20.2 Å². The molecule has 0 radical (unpaired) electrons. The van der Waals surface area contributed by atoms with Crippen LogP contribution in [-0.4, -0.2) is 41.4 Å². The van der Waals surface area contributed by atoms with Gasteiger partial charge in [0.25, 0.3) is 0 Å². The Bertz CT molecular complexity index is 893. The zero-order chi connectivity index (χ0) is 20.1. The molecule has 6 nitrogen and oxygen atoms in total. The summed E-state index contributed by atoms with van der Waals surface area (Å²) in [6, 6.07) is 16.5. The van der Waals surface area contributed by atoms with Crippen LogP contribution in [0.1, 0.15) is 30.0 Å². The van der Waals surface area contributed by atoms with Gasteiger partial charge in [0.15, 0.2) is 0 Å². The maximum atomic E-state index is 11.9. The molecule has 0 unspecified atom stereocenters. The van der Waals surface area contributed by atoms with Crippen LogP contribution in [0.25, 0.3) is 0 Å². The van der Waals surface area contributed by atoms with Crippen LogP contribution < -0.4 is 19.7 Å². The van der Waals surface area contributed by atoms with Gasteiger partial charge in [0.05, 0.1) is 19.1 Å². The lowest BCUT2D eigenvalue weighted by atomic mass is 9.92. The lowest BCUT2D eigenvalue weighted by Gasteiger charge is -2.34. The molecule has 0 bridgehead atoms. The second kappa shape index (κ2) is 10.3. The van der Waals surface area contributed by atoms with E-state index < -0.39 is 10.0 Å². The molecule has 2 N–H and O–H groups in total. The van der Waals surface area contributed by atoms with E-state index in [4.69, 9.17) is 4.74 Å². The molecular formula is C21H30ClN3O3S. The van der Waals surface area contributed by atoms with Gasteiger partial charge in [-0.3, -0.25) is 4.31 Å². The molecule has 2 atom stereocenters. The molecule has 8 heteroatoms. The van der Waals surface area contributed by atoms with Gasteiger partial charge in [0, 0.05) is 31.2 Å². The third-order valence-electron chi connectivity index (χ3n) is 5.30. The van der Waals surface area contributed by atoms with E-state index in [2.05, 4.69) is 34.9 Å². The van der Waals surface area contributed by atoms with Crippen molar-refractivity contribution in [1.29, 1.82) is 0 Å². The van der Waals surface area contributed by atoms with Crippen molar-refractivity contribution in [2.75, 3.05) is 31.3 Å². The van der Waals surface area contributed by atoms with Gasteiger partial charge in [-0.05, 0) is 43.1 Å². The topological polar surface area (TPSA) is 70.7 Å². The summed E-state index contributed by atoms with van der Waals surface area (Å²) in [5, 5.41) is 7.27. The van der Waals surface area contributed by atoms with Gasteiger partial charge in [-0.2, -0.15) is 0 Å². The molecule has 1 fully saturated rings. The van der Waals surface area contributed by atoms with E-state index in [1.165, 1.54) is 16.1 Å². The minimum Gasteiger partial charge on any atom is -0.496 e. The van der Waals surface area contributed by atoms with E-state index in [0.29, 0.717) is 12.2 Å². The van der Waals surface area contributed by atoms with E-state index >= 15 is 0 Å². The number of anilines is 1. The fourth-order valence-electron chi connectivity index (χ4n) is 3.65. The Labute approximate surface area is 180 Å². The Kier molecular flexibility index (Phi) is 8.34. The summed E-state index contributed by atoms with van der Waals surface area (Å²) in [5.74, 6) is 0.748. The first kappa shape index (κ1) is 23.5. The molecular weight excluding hydrogens is 410 g/mol. The number of hydrogen-bond donors (Lipinski definition) is 2. The number of nitrogens with zero attached hydrogens (tertiary/aromatic N) is 1. The summed E-state index contributed by atoms with van der Waals surface area (Å²) >= 11 is 0. The van der Waals surface area contributed by atoms with E-state index in [1.807, 2.05) is 18.2 Å². The van der Waals surface area contributed by atoms with Crippen molar-refractivity contribution in [3.63, 3.8) is 0 Å². The third kappa shape index (κ3) is 5.85. The number of rotatable bonds is 7. The van der Waals surface area contributed by atoms with Crippen LogP contribution in [0.15, 0.2) is 48.5 Å². The molecule has 2 aromatic rings. The van der Waals surface area contributed by atoms with Crippen LogP contribution in [0.5, 0.6) is 5.75 Å². The lowest BCUT2D eigenvalue weighted by molar-refractivity contribution is 0.303. The van der Waals surface area contributed by atoms with Crippen LogP contribution in [-0.2, 0) is 16.6 Å². The number of halogens is 1. The largest absolute Gasteiger partial charge is 0.496 e. The van der Waals surface area contributed by atoms with Crippen molar-refractivity contribution < 1.29 is 13.2 Å². The molecule has 1 heterocycles. The minimum atomic E-state index is -3.31. The van der Waals surface area contributed by atoms with Crippen LogP contribution in [0.3, 0.4) is 0 Å². The highest BCUT2D eigenvalue weighted by Crippen LogP contribution is 2.28. The van der Waals surface area contributed by atoms with Gasteiger partial charge >= 0.3 is 0 Å². The van der Waals surface area contributed by atoms with E-state index in [-0.39, 0.29) is 24.5 Å². The quantitative estimate of drug-likeness (QED) is 0.693. The lowest BCUT2D eigenvalue weighted by Crippen LogP contribution is -2.45. The molecule has 3 rings (SSSR count). The summed E-state index contributed by atoms with van der Waals surface area (Å²) in [7, 11) is -0.117. The van der Waals surface area contributed by atoms with Crippen molar-refractivity contribution in [2.24, 2.45) is 0 Å². The Hall–Kier alpha value is -1.80. The first-order valence-electron chi connectivity index (χ1n) is 9.52. The Morgan fingerprint density at radius 3 is 2.59 bits per heavy atom. The third-order valence-corrected chi connectivity index (χ3v) is 6.50. The summed E-state index contributed by atoms with van der Waals surface area (Å²) in [4.78, 5) is 0. The Morgan fingerprint density at radius 2 is 1.93 bits per heavy atom. The maximum absolute atomic E-state index is 11.9. The Morgan fingerprint density at radius 1 is 1.21 bits per heavy atom. The molecule has 1 aliphatic heterocycles. The second-order valence-electron chi connectivity index (χ2n) is 7.20. The predicted molar refractivity (Wildman–Crippen MR) is 121 cm³/mol. The summed E-state index contributed by atoms with van der Waals surface area (Å²) in [5.41, 5.74) is 2.84. The number of hydrogen-bond acceptors (Lipinski definition) is 5. The summed E-state index contributed by atoms with van der Waals surface area (Å²) < 4.78 is 30.5. The fraction of sp³-hybridized carbons (Fsp3) is 0.429. The molecule has 29 heavy (non-hydrogen) atoms. The molecule has 1 saturated heterocycles. The van der Waals surface area contributed by atoms with Gasteiger partial charge in [0.2, 0.25) is 10.0 Å². The number of ether oxygens (including phenoxy) is 1. The second-order valence-corrected chi connectivity index (χ2v) is 9.21. The first-order chi connectivity index (χ1) is 13.4. The molecule has 0 aromatic heterocycles. The number of benzene rings is 2. The van der Waals surface area contributed by atoms with Gasteiger partial charge in [0.1, 0.15) is 5.75 Å². The highest BCUT2D eigenvalue weighted by Gasteiger charge is 2.26. The van der Waals surface area contributed by atoms with Crippen LogP contribution >= 0.6 is 12.4 Å². The first-order valence-corrected chi connectivity index (χ1v) is 11.4. The van der Waals surface area contributed by atoms with E-state index in [9.17, 15) is 8.42 Å². The number of nitrogens with one attached hydrogen (secondary N) is 2. The van der Waals surface area contributed by atoms with Crippen molar-refractivity contribution in [3.8, 4) is 5.75 Å². The summed E-state index contributed by atoms with van der Waals surface area (Å²) in [6.45, 7) is 1.61.